The molecule has 1 atom stereocenters. The van der Waals surface area contributed by atoms with Crippen LogP contribution in [0.2, 0.25) is 0 Å². The molecular weight excluding hydrogens is 140 g/mol. The quantitative estimate of drug-likeness (QED) is 0.607. The second kappa shape index (κ2) is 3.26. The summed E-state index contributed by atoms with van der Waals surface area (Å²) >= 11 is 0. The molecule has 0 bridgehead atoms. The Morgan fingerprint density at radius 1 is 1.45 bits per heavy atom. The molecule has 0 spiro atoms. The zero-order valence-electron chi connectivity index (χ0n) is 6.71. The summed E-state index contributed by atoms with van der Waals surface area (Å²) in [7, 11) is 0. The molecule has 0 aromatic carbocycles. The second-order valence-corrected chi connectivity index (χ2v) is 3.12. The van der Waals surface area contributed by atoms with E-state index in [1.54, 1.807) is 0 Å². The number of hydrogen-bond donors (Lipinski definition) is 0. The third kappa shape index (κ3) is 1.74. The summed E-state index contributed by atoms with van der Waals surface area (Å²) in [5.74, 6) is 1.15. The average molecular weight is 154 g/mol. The smallest absolute Gasteiger partial charge is 0.201 e. The lowest BCUT2D eigenvalue weighted by molar-refractivity contribution is -0.196. The van der Waals surface area contributed by atoms with Gasteiger partial charge in [0, 0.05) is 12.8 Å². The Kier molecular flexibility index (Phi) is 2.13. The van der Waals surface area contributed by atoms with Crippen molar-refractivity contribution in [3.63, 3.8) is 0 Å². The minimum Gasteiger partial charge on any atom is -0.470 e. The minimum absolute atomic E-state index is 0.0827. The van der Waals surface area contributed by atoms with E-state index < -0.39 is 0 Å². The van der Waals surface area contributed by atoms with Crippen molar-refractivity contribution in [1.82, 2.24) is 0 Å². The fraction of sp³-hybridized carbons (Fsp3) is 0.778. The van der Waals surface area contributed by atoms with Crippen LogP contribution in [-0.2, 0) is 9.47 Å². The minimum atomic E-state index is 0.0827. The normalized spacial score (nSPS) is 30.5. The number of rotatable bonds is 2. The maximum Gasteiger partial charge on any atom is 0.201 e. The van der Waals surface area contributed by atoms with E-state index in [0.717, 1.165) is 25.2 Å². The van der Waals surface area contributed by atoms with E-state index in [1.807, 2.05) is 0 Å². The van der Waals surface area contributed by atoms with Crippen molar-refractivity contribution in [1.29, 1.82) is 0 Å². The molecule has 0 aromatic heterocycles. The van der Waals surface area contributed by atoms with Crippen LogP contribution in [-0.4, -0.2) is 12.9 Å². The van der Waals surface area contributed by atoms with E-state index in [0.29, 0.717) is 0 Å². The largest absolute Gasteiger partial charge is 0.470 e. The van der Waals surface area contributed by atoms with E-state index in [1.165, 1.54) is 19.3 Å². The Bertz CT molecular complexity index is 159. The number of allylic oxidation sites excluding steroid dienone is 2. The van der Waals surface area contributed by atoms with Crippen molar-refractivity contribution in [3.05, 3.63) is 11.8 Å². The highest BCUT2D eigenvalue weighted by Crippen LogP contribution is 2.23. The van der Waals surface area contributed by atoms with Crippen LogP contribution in [0.3, 0.4) is 0 Å². The van der Waals surface area contributed by atoms with Crippen LogP contribution in [0.1, 0.15) is 32.1 Å². The first-order chi connectivity index (χ1) is 5.45. The third-order valence-corrected chi connectivity index (χ3v) is 2.19. The van der Waals surface area contributed by atoms with Crippen molar-refractivity contribution >= 4 is 0 Å². The Labute approximate surface area is 67.2 Å². The van der Waals surface area contributed by atoms with Gasteiger partial charge in [0.05, 0.1) is 12.4 Å². The topological polar surface area (TPSA) is 18.5 Å². The van der Waals surface area contributed by atoms with Gasteiger partial charge in [-0.1, -0.05) is 0 Å². The van der Waals surface area contributed by atoms with Gasteiger partial charge in [0.1, 0.15) is 0 Å². The average Bonchev–Trinajstić information content (AvgIpc) is 1.99. The van der Waals surface area contributed by atoms with Gasteiger partial charge in [-0.2, -0.15) is 0 Å². The maximum atomic E-state index is 5.57. The van der Waals surface area contributed by atoms with Crippen LogP contribution in [0.4, 0.5) is 0 Å². The van der Waals surface area contributed by atoms with Crippen molar-refractivity contribution in [2.75, 3.05) is 6.61 Å². The molecule has 1 unspecified atom stereocenters. The molecule has 11 heavy (non-hydrogen) atoms. The summed E-state index contributed by atoms with van der Waals surface area (Å²) in [5.41, 5.74) is 0. The molecule has 2 nitrogen and oxygen atoms in total. The van der Waals surface area contributed by atoms with E-state index >= 15 is 0 Å². The summed E-state index contributed by atoms with van der Waals surface area (Å²) in [4.78, 5) is 0. The molecule has 2 rings (SSSR count). The first-order valence-electron chi connectivity index (χ1n) is 4.42. The summed E-state index contributed by atoms with van der Waals surface area (Å²) in [6.45, 7) is 0.873. The van der Waals surface area contributed by atoms with Gasteiger partial charge in [0.25, 0.3) is 0 Å². The van der Waals surface area contributed by atoms with Crippen LogP contribution in [0.25, 0.3) is 0 Å². The summed E-state index contributed by atoms with van der Waals surface area (Å²) in [6, 6.07) is 0. The van der Waals surface area contributed by atoms with Crippen molar-refractivity contribution in [2.24, 2.45) is 0 Å². The van der Waals surface area contributed by atoms with Gasteiger partial charge in [-0.15, -0.1) is 0 Å². The fourth-order valence-corrected chi connectivity index (χ4v) is 1.39. The lowest BCUT2D eigenvalue weighted by atomic mass is 10.1. The molecule has 1 fully saturated rings. The fourth-order valence-electron chi connectivity index (χ4n) is 1.39. The van der Waals surface area contributed by atoms with Gasteiger partial charge in [0.2, 0.25) is 6.29 Å². The zero-order valence-corrected chi connectivity index (χ0v) is 6.71. The first kappa shape index (κ1) is 7.17. The van der Waals surface area contributed by atoms with Crippen LogP contribution in [0.15, 0.2) is 11.8 Å². The zero-order chi connectivity index (χ0) is 7.52. The molecule has 0 N–H and O–H groups in total. The number of hydrogen-bond acceptors (Lipinski definition) is 2. The summed E-state index contributed by atoms with van der Waals surface area (Å²) < 4.78 is 10.7. The van der Waals surface area contributed by atoms with E-state index in [-0.39, 0.29) is 6.29 Å². The third-order valence-electron chi connectivity index (χ3n) is 2.19. The number of ether oxygens (including phenoxy) is 2. The Morgan fingerprint density at radius 2 is 2.36 bits per heavy atom. The molecule has 0 saturated carbocycles. The van der Waals surface area contributed by atoms with Gasteiger partial charge >= 0.3 is 0 Å². The molecule has 0 amide bonds. The van der Waals surface area contributed by atoms with Gasteiger partial charge in [-0.3, -0.25) is 0 Å². The lowest BCUT2D eigenvalue weighted by Gasteiger charge is -2.29. The molecule has 0 radical (unpaired) electrons. The van der Waals surface area contributed by atoms with E-state index in [4.69, 9.17) is 9.47 Å². The van der Waals surface area contributed by atoms with Crippen molar-refractivity contribution in [2.45, 2.75) is 38.4 Å². The highest BCUT2D eigenvalue weighted by Gasteiger charge is 2.20. The predicted octanol–water partition coefficient (Wildman–Crippen LogP) is 2.21. The summed E-state index contributed by atoms with van der Waals surface area (Å²) in [6.07, 6.45) is 8.24. The molecule has 1 aliphatic heterocycles. The molecular formula is C9H14O2. The van der Waals surface area contributed by atoms with Crippen LogP contribution < -0.4 is 0 Å². The molecule has 1 aliphatic carbocycles. The molecule has 1 heterocycles. The lowest BCUT2D eigenvalue weighted by Crippen LogP contribution is -2.29. The molecule has 0 aromatic rings. The summed E-state index contributed by atoms with van der Waals surface area (Å²) in [5, 5.41) is 0. The van der Waals surface area contributed by atoms with Gasteiger partial charge < -0.3 is 9.47 Å². The highest BCUT2D eigenvalue weighted by atomic mass is 16.7. The first-order valence-corrected chi connectivity index (χ1v) is 4.42. The van der Waals surface area contributed by atoms with Gasteiger partial charge in [0.15, 0.2) is 0 Å². The van der Waals surface area contributed by atoms with Gasteiger partial charge in [-0.05, 0) is 25.3 Å². The molecule has 2 aliphatic rings. The highest BCUT2D eigenvalue weighted by molar-refractivity contribution is 4.97. The van der Waals surface area contributed by atoms with Crippen LogP contribution in [0.5, 0.6) is 0 Å². The van der Waals surface area contributed by atoms with E-state index in [9.17, 15) is 0 Å². The van der Waals surface area contributed by atoms with E-state index in [2.05, 4.69) is 6.08 Å². The standard InChI is InChI=1S/C9H14O2/c1-2-4-8(5-3-1)11-9-6-7-10-9/h4,9H,1-3,5-7H2. The van der Waals surface area contributed by atoms with Crippen LogP contribution in [0, 0.1) is 0 Å². The van der Waals surface area contributed by atoms with Gasteiger partial charge in [-0.25, -0.2) is 0 Å². The SMILES string of the molecule is C1=C(OC2CCO2)CCCC1. The van der Waals surface area contributed by atoms with Crippen molar-refractivity contribution in [3.8, 4) is 0 Å². The monoisotopic (exact) mass is 154 g/mol. The molecule has 2 heteroatoms. The Hall–Kier alpha value is -0.500. The molecule has 62 valence electrons. The van der Waals surface area contributed by atoms with Crippen LogP contribution >= 0.6 is 0 Å². The Morgan fingerprint density at radius 3 is 2.91 bits per heavy atom. The predicted molar refractivity (Wildman–Crippen MR) is 42.0 cm³/mol. The molecule has 1 saturated heterocycles. The maximum absolute atomic E-state index is 5.57. The Balaban J connectivity index is 1.79. The second-order valence-electron chi connectivity index (χ2n) is 3.12. The van der Waals surface area contributed by atoms with Crippen molar-refractivity contribution < 1.29 is 9.47 Å².